The van der Waals surface area contributed by atoms with Crippen LogP contribution < -0.4 is 5.32 Å². The Bertz CT molecular complexity index is 584. The van der Waals surface area contributed by atoms with E-state index in [1.54, 1.807) is 0 Å². The highest BCUT2D eigenvalue weighted by Crippen LogP contribution is 2.28. The number of aliphatic hydroxyl groups is 7. The Labute approximate surface area is 220 Å². The first-order valence-corrected chi connectivity index (χ1v) is 14.2. The summed E-state index contributed by atoms with van der Waals surface area (Å²) in [7, 11) is 0. The summed E-state index contributed by atoms with van der Waals surface area (Å²) in [6.07, 6.45) is 1.95. The van der Waals surface area contributed by atoms with E-state index in [1.807, 2.05) is 0 Å². The fourth-order valence-electron chi connectivity index (χ4n) is 5.00. The van der Waals surface area contributed by atoms with Crippen LogP contribution in [-0.4, -0.2) is 117 Å². The second-order valence-electron chi connectivity index (χ2n) is 10.4. The second-order valence-corrected chi connectivity index (χ2v) is 10.4. The molecule has 2 rings (SSSR count). The highest BCUT2D eigenvalue weighted by molar-refractivity contribution is 4.95. The smallest absolute Gasteiger partial charge is 0.189 e. The first-order chi connectivity index (χ1) is 17.8. The number of unbranched alkanes of at least 4 members (excludes halogenated alkanes) is 11. The molecule has 0 bridgehead atoms. The number of ether oxygens (including phenoxy) is 3. The van der Waals surface area contributed by atoms with Gasteiger partial charge < -0.3 is 55.3 Å². The van der Waals surface area contributed by atoms with Gasteiger partial charge >= 0.3 is 0 Å². The molecule has 11 nitrogen and oxygen atoms in total. The van der Waals surface area contributed by atoms with E-state index in [2.05, 4.69) is 12.2 Å². The van der Waals surface area contributed by atoms with E-state index in [1.165, 1.54) is 57.8 Å². The van der Waals surface area contributed by atoms with Crippen LogP contribution >= 0.6 is 0 Å². The third-order valence-electron chi connectivity index (χ3n) is 7.41. The molecule has 0 amide bonds. The van der Waals surface area contributed by atoms with Crippen LogP contribution in [-0.2, 0) is 14.2 Å². The molecular formula is C26H51NO10. The van der Waals surface area contributed by atoms with Crippen molar-refractivity contribution in [2.24, 2.45) is 0 Å². The van der Waals surface area contributed by atoms with Crippen LogP contribution in [0.1, 0.15) is 84.0 Å². The third-order valence-corrected chi connectivity index (χ3v) is 7.41. The summed E-state index contributed by atoms with van der Waals surface area (Å²) in [5, 5.41) is 73.5. The SMILES string of the molecule is CCCCCCCCCCCCCCN[C@@H]1C(CO)O[C@H](O[C@H]2O[C@H](CO)[C@@H](O)C(O)C2O)C(O)[C@H]1O. The van der Waals surface area contributed by atoms with Crippen LogP contribution in [0.25, 0.3) is 0 Å². The Morgan fingerprint density at radius 2 is 1.03 bits per heavy atom. The molecule has 0 aromatic carbocycles. The molecule has 220 valence electrons. The molecule has 0 radical (unpaired) electrons. The molecule has 4 unspecified atom stereocenters. The van der Waals surface area contributed by atoms with Gasteiger partial charge in [0, 0.05) is 0 Å². The summed E-state index contributed by atoms with van der Waals surface area (Å²) < 4.78 is 16.4. The molecule has 2 aliphatic heterocycles. The molecule has 2 aliphatic rings. The van der Waals surface area contributed by atoms with E-state index in [-0.39, 0.29) is 0 Å². The van der Waals surface area contributed by atoms with Gasteiger partial charge in [0.15, 0.2) is 12.6 Å². The van der Waals surface area contributed by atoms with Crippen LogP contribution in [0.2, 0.25) is 0 Å². The van der Waals surface area contributed by atoms with Gasteiger partial charge in [0.25, 0.3) is 0 Å². The molecule has 8 N–H and O–H groups in total. The molecular weight excluding hydrogens is 486 g/mol. The molecule has 0 spiro atoms. The van der Waals surface area contributed by atoms with Gasteiger partial charge in [-0.2, -0.15) is 0 Å². The minimum atomic E-state index is -1.68. The summed E-state index contributed by atoms with van der Waals surface area (Å²) in [4.78, 5) is 0. The zero-order chi connectivity index (χ0) is 27.2. The first kappa shape index (κ1) is 32.8. The lowest BCUT2D eigenvalue weighted by atomic mass is 9.95. The van der Waals surface area contributed by atoms with E-state index in [9.17, 15) is 35.7 Å². The monoisotopic (exact) mass is 537 g/mol. The number of nitrogens with one attached hydrogen (secondary N) is 1. The van der Waals surface area contributed by atoms with Crippen molar-refractivity contribution in [3.05, 3.63) is 0 Å². The van der Waals surface area contributed by atoms with Crippen molar-refractivity contribution in [3.8, 4) is 0 Å². The lowest BCUT2D eigenvalue weighted by Gasteiger charge is -2.45. The fraction of sp³-hybridized carbons (Fsp3) is 1.00. The van der Waals surface area contributed by atoms with Gasteiger partial charge in [0.2, 0.25) is 0 Å². The summed E-state index contributed by atoms with van der Waals surface area (Å²) in [5.41, 5.74) is 0. The van der Waals surface area contributed by atoms with E-state index >= 15 is 0 Å². The van der Waals surface area contributed by atoms with E-state index < -0.39 is 74.6 Å². The Morgan fingerprint density at radius 3 is 1.54 bits per heavy atom. The zero-order valence-electron chi connectivity index (χ0n) is 22.2. The van der Waals surface area contributed by atoms with Crippen molar-refractivity contribution in [1.29, 1.82) is 0 Å². The topological polar surface area (TPSA) is 181 Å². The van der Waals surface area contributed by atoms with Gasteiger partial charge in [-0.15, -0.1) is 0 Å². The molecule has 0 aromatic rings. The van der Waals surface area contributed by atoms with Crippen molar-refractivity contribution in [2.75, 3.05) is 19.8 Å². The molecule has 0 saturated carbocycles. The van der Waals surface area contributed by atoms with Gasteiger partial charge in [-0.05, 0) is 13.0 Å². The van der Waals surface area contributed by atoms with Crippen molar-refractivity contribution in [2.45, 2.75) is 145 Å². The molecule has 2 saturated heterocycles. The largest absolute Gasteiger partial charge is 0.394 e. The minimum absolute atomic E-state index is 0.450. The van der Waals surface area contributed by atoms with Gasteiger partial charge in [0.1, 0.15) is 42.7 Å². The van der Waals surface area contributed by atoms with Crippen LogP contribution in [0.4, 0.5) is 0 Å². The Kier molecular flexibility index (Phi) is 16.0. The molecule has 0 aromatic heterocycles. The molecule has 2 fully saturated rings. The maximum absolute atomic E-state index is 10.7. The van der Waals surface area contributed by atoms with Crippen LogP contribution in [0.3, 0.4) is 0 Å². The zero-order valence-corrected chi connectivity index (χ0v) is 22.2. The molecule has 2 heterocycles. The van der Waals surface area contributed by atoms with Crippen molar-refractivity contribution >= 4 is 0 Å². The highest BCUT2D eigenvalue weighted by atomic mass is 16.8. The van der Waals surface area contributed by atoms with E-state index in [0.717, 1.165) is 19.3 Å². The average molecular weight is 538 g/mol. The normalized spacial score (nSPS) is 36.6. The predicted octanol–water partition coefficient (Wildman–Crippen LogP) is -0.0988. The number of aliphatic hydroxyl groups excluding tert-OH is 7. The van der Waals surface area contributed by atoms with Gasteiger partial charge in [-0.3, -0.25) is 0 Å². The van der Waals surface area contributed by atoms with Crippen molar-refractivity contribution in [3.63, 3.8) is 0 Å². The van der Waals surface area contributed by atoms with Gasteiger partial charge in [-0.1, -0.05) is 77.6 Å². The maximum atomic E-state index is 10.7. The van der Waals surface area contributed by atoms with Gasteiger partial charge in [0.05, 0.1) is 19.3 Å². The molecule has 0 aliphatic carbocycles. The summed E-state index contributed by atoms with van der Waals surface area (Å²) in [6.45, 7) is 1.74. The van der Waals surface area contributed by atoms with E-state index in [0.29, 0.717) is 6.54 Å². The minimum Gasteiger partial charge on any atom is -0.394 e. The number of hydrogen-bond donors (Lipinski definition) is 8. The summed E-state index contributed by atoms with van der Waals surface area (Å²) in [6, 6.07) is -0.734. The highest BCUT2D eigenvalue weighted by Gasteiger charge is 2.49. The third kappa shape index (κ3) is 10.2. The quantitative estimate of drug-likeness (QED) is 0.109. The molecule has 37 heavy (non-hydrogen) atoms. The van der Waals surface area contributed by atoms with Gasteiger partial charge in [-0.25, -0.2) is 0 Å². The Morgan fingerprint density at radius 1 is 0.568 bits per heavy atom. The lowest BCUT2D eigenvalue weighted by Crippen LogP contribution is -2.66. The lowest BCUT2D eigenvalue weighted by molar-refractivity contribution is -0.370. The standard InChI is InChI=1S/C26H51NO10/c1-2-3-4-5-6-7-8-9-10-11-12-13-14-27-19-17(15-28)35-25(23(33)21(19)31)37-26-24(34)22(32)20(30)18(16-29)36-26/h17-34H,2-16H2,1H3/t17?,18-,19-,20-,21+,22?,23?,24?,25-,26-/m1/s1. The predicted molar refractivity (Wildman–Crippen MR) is 135 cm³/mol. The molecule has 11 heteroatoms. The number of rotatable bonds is 18. The summed E-state index contributed by atoms with van der Waals surface area (Å²) >= 11 is 0. The van der Waals surface area contributed by atoms with Crippen LogP contribution in [0.5, 0.6) is 0 Å². The second kappa shape index (κ2) is 18.0. The van der Waals surface area contributed by atoms with Crippen molar-refractivity contribution < 1.29 is 50.0 Å². The maximum Gasteiger partial charge on any atom is 0.189 e. The Balaban J connectivity index is 1.68. The fourth-order valence-corrected chi connectivity index (χ4v) is 5.00. The molecule has 10 atom stereocenters. The Hall–Kier alpha value is -0.440. The van der Waals surface area contributed by atoms with Crippen LogP contribution in [0.15, 0.2) is 0 Å². The average Bonchev–Trinajstić information content (AvgIpc) is 2.90. The summed E-state index contributed by atoms with van der Waals surface area (Å²) in [5.74, 6) is 0. The first-order valence-electron chi connectivity index (χ1n) is 14.2. The van der Waals surface area contributed by atoms with E-state index in [4.69, 9.17) is 14.2 Å². The van der Waals surface area contributed by atoms with Crippen LogP contribution in [0, 0.1) is 0 Å². The van der Waals surface area contributed by atoms with Crippen molar-refractivity contribution in [1.82, 2.24) is 5.32 Å². The number of hydrogen-bond acceptors (Lipinski definition) is 11.